The van der Waals surface area contributed by atoms with E-state index >= 15 is 0 Å². The SMILES string of the molecule is Br.[CH3][Mg][CH]1CC1(c1ccccc1)c1ccccc1. The van der Waals surface area contributed by atoms with Crippen molar-refractivity contribution in [1.29, 1.82) is 0 Å². The summed E-state index contributed by atoms with van der Waals surface area (Å²) in [6.07, 6.45) is 1.36. The molecular weight excluding hydrogens is 296 g/mol. The van der Waals surface area contributed by atoms with Gasteiger partial charge in [-0.05, 0) is 16.5 Å². The highest BCUT2D eigenvalue weighted by atomic mass is 79.9. The van der Waals surface area contributed by atoms with Crippen molar-refractivity contribution >= 4 is 37.3 Å². The molecule has 0 heterocycles. The molecule has 1 aliphatic carbocycles. The van der Waals surface area contributed by atoms with Crippen LogP contribution in [-0.2, 0) is 5.41 Å². The van der Waals surface area contributed by atoms with Gasteiger partial charge in [-0.1, -0.05) is 67.1 Å². The van der Waals surface area contributed by atoms with Crippen LogP contribution in [0.2, 0.25) is 9.10 Å². The molecular formula is C16H17BrMg. The van der Waals surface area contributed by atoms with E-state index in [2.05, 4.69) is 65.7 Å². The minimum atomic E-state index is 0. The fraction of sp³-hybridized carbons (Fsp3) is 0.250. The van der Waals surface area contributed by atoms with Crippen LogP contribution in [0.5, 0.6) is 0 Å². The Kier molecular flexibility index (Phi) is 4.52. The molecule has 0 aliphatic heterocycles. The first kappa shape index (κ1) is 14.1. The molecule has 1 atom stereocenters. The normalized spacial score (nSPS) is 19.5. The molecule has 90 valence electrons. The molecule has 0 radical (unpaired) electrons. The minimum Gasteiger partial charge on any atom is -0.157 e. The van der Waals surface area contributed by atoms with Crippen LogP contribution < -0.4 is 0 Å². The molecule has 0 nitrogen and oxygen atoms in total. The van der Waals surface area contributed by atoms with E-state index in [9.17, 15) is 0 Å². The maximum Gasteiger partial charge on any atom is 0.366 e. The van der Waals surface area contributed by atoms with E-state index in [1.54, 1.807) is 0 Å². The van der Waals surface area contributed by atoms with Gasteiger partial charge in [-0.2, -0.15) is 5.05 Å². The number of hydrogen-bond acceptors (Lipinski definition) is 0. The Balaban J connectivity index is 0.00000120. The average Bonchev–Trinajstić information content (AvgIpc) is 3.17. The van der Waals surface area contributed by atoms with Crippen LogP contribution >= 0.6 is 17.0 Å². The molecule has 2 heteroatoms. The second kappa shape index (κ2) is 5.77. The maximum absolute atomic E-state index is 2.44. The van der Waals surface area contributed by atoms with Crippen molar-refractivity contribution in [3.63, 3.8) is 0 Å². The van der Waals surface area contributed by atoms with Gasteiger partial charge in [-0.15, -0.1) is 21.0 Å². The summed E-state index contributed by atoms with van der Waals surface area (Å²) in [7, 11) is 0. The van der Waals surface area contributed by atoms with Crippen LogP contribution in [0.1, 0.15) is 17.5 Å². The third-order valence-corrected chi connectivity index (χ3v) is 6.15. The Morgan fingerprint density at radius 2 is 1.33 bits per heavy atom. The standard InChI is InChI=1S/C15H13.CH3.BrH.Mg/c1-3-7-13(8-4-1)15(11-12-15)14-9-5-2-6-10-14;;;/h1-11H,12H2;1H3;1H;. The molecule has 1 aliphatic rings. The summed E-state index contributed by atoms with van der Waals surface area (Å²) in [5.74, 6) is 0. The lowest BCUT2D eigenvalue weighted by Gasteiger charge is -2.19. The van der Waals surface area contributed by atoms with Gasteiger partial charge < -0.3 is 0 Å². The van der Waals surface area contributed by atoms with E-state index in [0.717, 1.165) is 4.05 Å². The monoisotopic (exact) mass is 312 g/mol. The molecule has 1 unspecified atom stereocenters. The molecule has 0 saturated heterocycles. The molecule has 0 N–H and O–H groups in total. The number of halogens is 1. The van der Waals surface area contributed by atoms with Crippen molar-refractivity contribution < 1.29 is 0 Å². The second-order valence-electron chi connectivity index (χ2n) is 5.01. The van der Waals surface area contributed by atoms with Crippen LogP contribution in [0.15, 0.2) is 60.7 Å². The van der Waals surface area contributed by atoms with E-state index in [1.807, 2.05) is 0 Å². The lowest BCUT2D eigenvalue weighted by Crippen LogP contribution is -2.11. The third-order valence-electron chi connectivity index (χ3n) is 4.18. The molecule has 1 fully saturated rings. The zero-order valence-electron chi connectivity index (χ0n) is 10.7. The highest BCUT2D eigenvalue weighted by Gasteiger charge is 2.53. The summed E-state index contributed by atoms with van der Waals surface area (Å²) in [6, 6.07) is 22.1. The van der Waals surface area contributed by atoms with Gasteiger partial charge in [0.1, 0.15) is 0 Å². The zero-order chi connectivity index (χ0) is 11.7. The molecule has 0 spiro atoms. The summed E-state index contributed by atoms with van der Waals surface area (Å²) in [5.41, 5.74) is 3.40. The Labute approximate surface area is 129 Å². The van der Waals surface area contributed by atoms with Crippen LogP contribution in [0.25, 0.3) is 0 Å². The smallest absolute Gasteiger partial charge is 0.157 e. The molecule has 0 bridgehead atoms. The fourth-order valence-corrected chi connectivity index (χ4v) is 5.08. The van der Waals surface area contributed by atoms with Gasteiger partial charge in [0.05, 0.1) is 0 Å². The first-order valence-corrected chi connectivity index (χ1v) is 8.72. The second-order valence-corrected chi connectivity index (χ2v) is 6.81. The van der Waals surface area contributed by atoms with Crippen LogP contribution in [-0.4, -0.2) is 20.4 Å². The molecule has 2 aromatic carbocycles. The van der Waals surface area contributed by atoms with Crippen molar-refractivity contribution in [3.05, 3.63) is 71.8 Å². The van der Waals surface area contributed by atoms with Gasteiger partial charge in [0, 0.05) is 0 Å². The summed E-state index contributed by atoms with van der Waals surface area (Å²) >= 11 is 0.0681. The Bertz CT molecular complexity index is 456. The summed E-state index contributed by atoms with van der Waals surface area (Å²) in [6.45, 7) is 0. The lowest BCUT2D eigenvalue weighted by atomic mass is 9.88. The first-order valence-electron chi connectivity index (χ1n) is 6.49. The maximum atomic E-state index is 2.44. The summed E-state index contributed by atoms with van der Waals surface area (Å²) in [4.78, 5) is 0. The molecule has 0 aromatic heterocycles. The average molecular weight is 314 g/mol. The van der Waals surface area contributed by atoms with Crippen molar-refractivity contribution in [2.75, 3.05) is 0 Å². The first-order chi connectivity index (χ1) is 8.38. The van der Waals surface area contributed by atoms with Gasteiger partial charge >= 0.3 is 20.4 Å². The molecule has 0 amide bonds. The number of rotatable bonds is 3. The van der Waals surface area contributed by atoms with Gasteiger partial charge in [-0.3, -0.25) is 0 Å². The highest BCUT2D eigenvalue weighted by Crippen LogP contribution is 2.62. The summed E-state index contributed by atoms with van der Waals surface area (Å²) < 4.78 is 0.951. The van der Waals surface area contributed by atoms with Crippen molar-refractivity contribution in [3.8, 4) is 0 Å². The Morgan fingerprint density at radius 3 is 1.67 bits per heavy atom. The summed E-state index contributed by atoms with van der Waals surface area (Å²) in [5, 5.41) is 2.44. The molecule has 18 heavy (non-hydrogen) atoms. The topological polar surface area (TPSA) is 0 Å². The van der Waals surface area contributed by atoms with Crippen molar-refractivity contribution in [2.45, 2.75) is 20.9 Å². The Morgan fingerprint density at radius 1 is 0.889 bits per heavy atom. The van der Waals surface area contributed by atoms with Gasteiger partial charge in [0.25, 0.3) is 0 Å². The van der Waals surface area contributed by atoms with Crippen molar-refractivity contribution in [1.82, 2.24) is 0 Å². The van der Waals surface area contributed by atoms with E-state index < -0.39 is 0 Å². The largest absolute Gasteiger partial charge is 0.366 e. The Hall–Kier alpha value is -0.314. The predicted molar refractivity (Wildman–Crippen MR) is 84.0 cm³/mol. The van der Waals surface area contributed by atoms with E-state index in [0.29, 0.717) is 5.41 Å². The lowest BCUT2D eigenvalue weighted by molar-refractivity contribution is 0.844. The fourth-order valence-electron chi connectivity index (χ4n) is 3.17. The van der Waals surface area contributed by atoms with Crippen LogP contribution in [0, 0.1) is 0 Å². The van der Waals surface area contributed by atoms with E-state index in [1.165, 1.54) is 17.5 Å². The van der Waals surface area contributed by atoms with Gasteiger partial charge in [-0.25, -0.2) is 0 Å². The molecule has 3 rings (SSSR count). The van der Waals surface area contributed by atoms with Crippen molar-refractivity contribution in [2.24, 2.45) is 0 Å². The molecule has 2 aromatic rings. The van der Waals surface area contributed by atoms with Gasteiger partial charge in [0.15, 0.2) is 0 Å². The van der Waals surface area contributed by atoms with Crippen LogP contribution in [0.3, 0.4) is 0 Å². The van der Waals surface area contributed by atoms with Gasteiger partial charge in [0.2, 0.25) is 0 Å². The number of benzene rings is 2. The van der Waals surface area contributed by atoms with E-state index in [4.69, 9.17) is 0 Å². The predicted octanol–water partition coefficient (Wildman–Crippen LogP) is 4.50. The third kappa shape index (κ3) is 2.26. The quantitative estimate of drug-likeness (QED) is 0.732. The van der Waals surface area contributed by atoms with E-state index in [-0.39, 0.29) is 37.3 Å². The van der Waals surface area contributed by atoms with Crippen LogP contribution in [0.4, 0.5) is 0 Å². The minimum absolute atomic E-state index is 0. The highest BCUT2D eigenvalue weighted by molar-refractivity contribution is 8.93. The molecule has 1 saturated carbocycles. The number of hydrogen-bond donors (Lipinski definition) is 0. The zero-order valence-corrected chi connectivity index (χ0v) is 13.8.